The third-order valence-corrected chi connectivity index (χ3v) is 6.28. The molecule has 2 heterocycles. The maximum absolute atomic E-state index is 13.1. The first-order chi connectivity index (χ1) is 13.9. The van der Waals surface area contributed by atoms with Crippen molar-refractivity contribution < 1.29 is 14.7 Å². The predicted molar refractivity (Wildman–Crippen MR) is 110 cm³/mol. The summed E-state index contributed by atoms with van der Waals surface area (Å²) < 4.78 is 2.08. The van der Waals surface area contributed by atoms with Crippen LogP contribution in [0, 0.1) is 0 Å². The van der Waals surface area contributed by atoms with Gasteiger partial charge in [0.2, 0.25) is 5.91 Å². The third kappa shape index (κ3) is 3.62. The van der Waals surface area contributed by atoms with E-state index in [4.69, 9.17) is 0 Å². The number of likely N-dealkylation sites (N-methyl/N-ethyl adjacent to an activating group) is 1. The zero-order chi connectivity index (χ0) is 20.7. The molecule has 2 amide bonds. The van der Waals surface area contributed by atoms with Crippen LogP contribution in [0.3, 0.4) is 0 Å². The van der Waals surface area contributed by atoms with Crippen molar-refractivity contribution >= 4 is 22.8 Å². The zero-order valence-corrected chi connectivity index (χ0v) is 17.2. The minimum Gasteiger partial charge on any atom is -0.389 e. The molecule has 1 aromatic carbocycles. The average molecular weight is 399 g/mol. The van der Waals surface area contributed by atoms with Crippen molar-refractivity contribution in [2.75, 3.05) is 26.7 Å². The fraction of sp³-hybridized carbons (Fsp3) is 0.571. The lowest BCUT2D eigenvalue weighted by molar-refractivity contribution is -0.125. The average Bonchev–Trinajstić information content (AvgIpc) is 3.30. The van der Waals surface area contributed by atoms with Gasteiger partial charge in [-0.15, -0.1) is 0 Å². The Morgan fingerprint density at radius 3 is 2.86 bits per heavy atom. The maximum atomic E-state index is 13.1. The molecule has 1 saturated heterocycles. The van der Waals surface area contributed by atoms with E-state index < -0.39 is 6.10 Å². The fourth-order valence-corrected chi connectivity index (χ4v) is 4.63. The van der Waals surface area contributed by atoms with Gasteiger partial charge in [0, 0.05) is 37.8 Å². The van der Waals surface area contributed by atoms with Crippen LogP contribution < -0.4 is 5.32 Å². The predicted octanol–water partition coefficient (Wildman–Crippen LogP) is 1.01. The van der Waals surface area contributed by atoms with E-state index in [1.165, 1.54) is 0 Å². The molecule has 3 atom stereocenters. The van der Waals surface area contributed by atoms with Crippen molar-refractivity contribution in [2.24, 2.45) is 0 Å². The summed E-state index contributed by atoms with van der Waals surface area (Å²) in [7, 11) is 1.75. The summed E-state index contributed by atoms with van der Waals surface area (Å²) in [6, 6.07) is 5.53. The number of fused-ring (bicyclic) bond motifs is 1. The van der Waals surface area contributed by atoms with Crippen LogP contribution in [0.15, 0.2) is 24.5 Å². The number of rotatable bonds is 4. The largest absolute Gasteiger partial charge is 0.389 e. The maximum Gasteiger partial charge on any atom is 0.254 e. The number of hydrogen-bond acceptors (Lipinski definition) is 5. The number of hydrogen-bond donors (Lipinski definition) is 2. The molecular formula is C21H29N5O3. The lowest BCUT2D eigenvalue weighted by atomic mass is 10.1. The highest BCUT2D eigenvalue weighted by Crippen LogP contribution is 2.29. The molecule has 2 fully saturated rings. The Balaban J connectivity index is 1.49. The summed E-state index contributed by atoms with van der Waals surface area (Å²) in [5.74, 6) is -0.127. The van der Waals surface area contributed by atoms with Crippen molar-refractivity contribution in [3.63, 3.8) is 0 Å². The van der Waals surface area contributed by atoms with E-state index in [0.717, 1.165) is 30.4 Å². The summed E-state index contributed by atoms with van der Waals surface area (Å²) in [6.45, 7) is 5.83. The second-order valence-electron chi connectivity index (χ2n) is 8.39. The summed E-state index contributed by atoms with van der Waals surface area (Å²) in [5.41, 5.74) is 2.37. The number of piperazine rings is 1. The quantitative estimate of drug-likeness (QED) is 0.801. The van der Waals surface area contributed by atoms with Gasteiger partial charge in [-0.2, -0.15) is 0 Å². The number of carbonyl (C=O) groups excluding carboxylic acids is 2. The SMILES string of the molecule is CC(C)n1cnc2cc(C(=O)N(C)[C@@H]3CC[C@@H](N4CCNC(=O)C4)[C@@H]3O)ccc21. The van der Waals surface area contributed by atoms with E-state index in [0.29, 0.717) is 24.7 Å². The van der Waals surface area contributed by atoms with E-state index in [9.17, 15) is 14.7 Å². The van der Waals surface area contributed by atoms with Crippen molar-refractivity contribution in [1.29, 1.82) is 0 Å². The smallest absolute Gasteiger partial charge is 0.254 e. The Kier molecular flexibility index (Phi) is 5.31. The second kappa shape index (κ2) is 7.76. The third-order valence-electron chi connectivity index (χ3n) is 6.28. The Labute approximate surface area is 170 Å². The lowest BCUT2D eigenvalue weighted by Crippen LogP contribution is -2.55. The molecule has 2 aromatic rings. The molecule has 8 heteroatoms. The standard InChI is InChI=1S/C21H29N5O3/c1-13(2)26-12-23-15-10-14(4-5-16(15)26)21(29)24(3)17-6-7-18(20(17)28)25-9-8-22-19(27)11-25/h4-5,10,12-13,17-18,20,28H,6-9,11H2,1-3H3,(H,22,27)/t17-,18-,20-/m1/s1. The zero-order valence-electron chi connectivity index (χ0n) is 17.2. The summed E-state index contributed by atoms with van der Waals surface area (Å²) in [4.78, 5) is 32.9. The highest BCUT2D eigenvalue weighted by molar-refractivity contribution is 5.97. The molecular weight excluding hydrogens is 370 g/mol. The van der Waals surface area contributed by atoms with Crippen LogP contribution in [0.25, 0.3) is 11.0 Å². The van der Waals surface area contributed by atoms with Crippen LogP contribution in [0.1, 0.15) is 43.1 Å². The number of aliphatic hydroxyl groups is 1. The van der Waals surface area contributed by atoms with Crippen LogP contribution in [0.5, 0.6) is 0 Å². The van der Waals surface area contributed by atoms with Gasteiger partial charge in [-0.3, -0.25) is 14.5 Å². The van der Waals surface area contributed by atoms with Crippen LogP contribution >= 0.6 is 0 Å². The molecule has 8 nitrogen and oxygen atoms in total. The van der Waals surface area contributed by atoms with Gasteiger partial charge < -0.3 is 19.9 Å². The number of imidazole rings is 1. The Bertz CT molecular complexity index is 924. The summed E-state index contributed by atoms with van der Waals surface area (Å²) in [5, 5.41) is 13.7. The van der Waals surface area contributed by atoms with Crippen LogP contribution in [-0.2, 0) is 4.79 Å². The molecule has 0 radical (unpaired) electrons. The normalized spacial score (nSPS) is 25.6. The van der Waals surface area contributed by atoms with Gasteiger partial charge in [0.1, 0.15) is 0 Å². The number of carbonyl (C=O) groups is 2. The van der Waals surface area contributed by atoms with E-state index in [1.54, 1.807) is 18.3 Å². The van der Waals surface area contributed by atoms with Crippen molar-refractivity contribution in [3.8, 4) is 0 Å². The number of nitrogens with one attached hydrogen (secondary N) is 1. The molecule has 2 aliphatic rings. The molecule has 1 saturated carbocycles. The number of benzene rings is 1. The molecule has 0 bridgehead atoms. The fourth-order valence-electron chi connectivity index (χ4n) is 4.63. The molecule has 1 aliphatic heterocycles. The monoisotopic (exact) mass is 399 g/mol. The Morgan fingerprint density at radius 2 is 2.14 bits per heavy atom. The van der Waals surface area contributed by atoms with Crippen LogP contribution in [-0.4, -0.2) is 81.1 Å². The first kappa shape index (κ1) is 19.8. The van der Waals surface area contributed by atoms with Gasteiger partial charge in [0.15, 0.2) is 0 Å². The Morgan fingerprint density at radius 1 is 1.34 bits per heavy atom. The van der Waals surface area contributed by atoms with E-state index >= 15 is 0 Å². The summed E-state index contributed by atoms with van der Waals surface area (Å²) in [6.07, 6.45) is 2.62. The molecule has 0 spiro atoms. The van der Waals surface area contributed by atoms with Gasteiger partial charge in [-0.1, -0.05) is 0 Å². The minimum absolute atomic E-state index is 0.00883. The van der Waals surface area contributed by atoms with Gasteiger partial charge in [0.25, 0.3) is 5.91 Å². The molecule has 1 aromatic heterocycles. The summed E-state index contributed by atoms with van der Waals surface area (Å²) >= 11 is 0. The molecule has 2 N–H and O–H groups in total. The van der Waals surface area contributed by atoms with Crippen LogP contribution in [0.2, 0.25) is 0 Å². The van der Waals surface area contributed by atoms with Crippen LogP contribution in [0.4, 0.5) is 0 Å². The highest BCUT2D eigenvalue weighted by Gasteiger charge is 2.42. The first-order valence-electron chi connectivity index (χ1n) is 10.3. The van der Waals surface area contributed by atoms with Gasteiger partial charge in [-0.05, 0) is 44.9 Å². The molecule has 4 rings (SSSR count). The van der Waals surface area contributed by atoms with Crippen molar-refractivity contribution in [2.45, 2.75) is 50.9 Å². The molecule has 29 heavy (non-hydrogen) atoms. The van der Waals surface area contributed by atoms with E-state index in [1.807, 2.05) is 23.1 Å². The number of amides is 2. The minimum atomic E-state index is -0.668. The second-order valence-corrected chi connectivity index (χ2v) is 8.39. The molecule has 1 aliphatic carbocycles. The van der Waals surface area contributed by atoms with Gasteiger partial charge in [0.05, 0.1) is 36.1 Å². The number of nitrogens with zero attached hydrogens (tertiary/aromatic N) is 4. The van der Waals surface area contributed by atoms with Crippen molar-refractivity contribution in [3.05, 3.63) is 30.1 Å². The number of aliphatic hydroxyl groups excluding tert-OH is 1. The molecule has 0 unspecified atom stereocenters. The van der Waals surface area contributed by atoms with Gasteiger partial charge in [-0.25, -0.2) is 4.98 Å². The van der Waals surface area contributed by atoms with E-state index in [-0.39, 0.29) is 23.9 Å². The van der Waals surface area contributed by atoms with E-state index in [2.05, 4.69) is 28.7 Å². The first-order valence-corrected chi connectivity index (χ1v) is 10.3. The molecule has 156 valence electrons. The topological polar surface area (TPSA) is 90.7 Å². The highest BCUT2D eigenvalue weighted by atomic mass is 16.3. The van der Waals surface area contributed by atoms with Crippen molar-refractivity contribution in [1.82, 2.24) is 24.7 Å². The lowest BCUT2D eigenvalue weighted by Gasteiger charge is -2.35. The van der Waals surface area contributed by atoms with Gasteiger partial charge >= 0.3 is 0 Å². The number of aromatic nitrogens is 2. The Hall–Kier alpha value is -2.45.